The van der Waals surface area contributed by atoms with Crippen LogP contribution in [-0.4, -0.2) is 45.7 Å². The maximum atomic E-state index is 12.8. The van der Waals surface area contributed by atoms with Crippen molar-refractivity contribution in [3.8, 4) is 34.5 Å². The van der Waals surface area contributed by atoms with Gasteiger partial charge in [-0.15, -0.1) is 0 Å². The van der Waals surface area contributed by atoms with Gasteiger partial charge in [-0.1, -0.05) is 6.07 Å². The van der Waals surface area contributed by atoms with Gasteiger partial charge in [0.2, 0.25) is 5.78 Å². The van der Waals surface area contributed by atoms with Crippen LogP contribution < -0.4 is 33.7 Å². The van der Waals surface area contributed by atoms with Crippen molar-refractivity contribution in [1.29, 1.82) is 0 Å². The molecule has 1 amide bonds. The van der Waals surface area contributed by atoms with Gasteiger partial charge in [-0.25, -0.2) is 0 Å². The summed E-state index contributed by atoms with van der Waals surface area (Å²) in [6, 6.07) is 15.3. The molecule has 2 aliphatic heterocycles. The van der Waals surface area contributed by atoms with E-state index < -0.39 is 0 Å². The Morgan fingerprint density at radius 1 is 0.917 bits per heavy atom. The predicted molar refractivity (Wildman–Crippen MR) is 130 cm³/mol. The van der Waals surface area contributed by atoms with Gasteiger partial charge in [0.1, 0.15) is 24.7 Å². The molecule has 3 aromatic carbocycles. The first-order valence-electron chi connectivity index (χ1n) is 11.2. The zero-order valence-electron chi connectivity index (χ0n) is 19.7. The molecule has 1 N–H and O–H groups in total. The second kappa shape index (κ2) is 9.91. The van der Waals surface area contributed by atoms with Crippen molar-refractivity contribution in [2.45, 2.75) is 0 Å². The summed E-state index contributed by atoms with van der Waals surface area (Å²) in [5.41, 5.74) is 1.70. The van der Waals surface area contributed by atoms with Crippen LogP contribution in [0, 0.1) is 0 Å². The lowest BCUT2D eigenvalue weighted by Gasteiger charge is -2.19. The maximum Gasteiger partial charge on any atom is 0.262 e. The van der Waals surface area contributed by atoms with Crippen LogP contribution >= 0.6 is 0 Å². The normalized spacial score (nSPS) is 14.6. The molecule has 3 aromatic rings. The Labute approximate surface area is 207 Å². The van der Waals surface area contributed by atoms with E-state index in [-0.39, 0.29) is 24.1 Å². The fraction of sp³-hybridized carbons (Fsp3) is 0.185. The highest BCUT2D eigenvalue weighted by atomic mass is 16.6. The molecular formula is C27H23NO8. The molecule has 2 aliphatic rings. The minimum atomic E-state index is -0.349. The number of anilines is 1. The van der Waals surface area contributed by atoms with E-state index in [0.717, 1.165) is 5.56 Å². The number of ketones is 1. The molecule has 0 bridgehead atoms. The Morgan fingerprint density at radius 2 is 1.72 bits per heavy atom. The monoisotopic (exact) mass is 489 g/mol. The number of Topliss-reactive ketones (excluding diaryl/α,β-unsaturated/α-hetero) is 1. The summed E-state index contributed by atoms with van der Waals surface area (Å²) in [6.07, 6.45) is 1.63. The van der Waals surface area contributed by atoms with Crippen molar-refractivity contribution >= 4 is 23.5 Å². The van der Waals surface area contributed by atoms with Gasteiger partial charge in [-0.05, 0) is 48.0 Å². The Balaban J connectivity index is 1.23. The molecule has 0 spiro atoms. The van der Waals surface area contributed by atoms with Crippen LogP contribution in [-0.2, 0) is 4.79 Å². The fourth-order valence-electron chi connectivity index (χ4n) is 3.82. The molecule has 0 unspecified atom stereocenters. The molecular weight excluding hydrogens is 466 g/mol. The fourth-order valence-corrected chi connectivity index (χ4v) is 3.82. The predicted octanol–water partition coefficient (Wildman–Crippen LogP) is 4.11. The molecule has 9 heteroatoms. The Morgan fingerprint density at radius 3 is 2.53 bits per heavy atom. The van der Waals surface area contributed by atoms with Gasteiger partial charge in [0, 0.05) is 17.8 Å². The van der Waals surface area contributed by atoms with E-state index in [1.165, 1.54) is 0 Å². The van der Waals surface area contributed by atoms with Crippen molar-refractivity contribution in [3.05, 3.63) is 71.5 Å². The third kappa shape index (κ3) is 4.76. The molecule has 0 atom stereocenters. The number of carbonyl (C=O) groups is 2. The SMILES string of the molecule is COc1ccc(C=C2Oc3cc(OCC(=O)Nc4ccc5c(c4)OCCO5)ccc3C2=O)cc1OC. The quantitative estimate of drug-likeness (QED) is 0.495. The average molecular weight is 489 g/mol. The van der Waals surface area contributed by atoms with E-state index in [1.807, 2.05) is 0 Å². The number of nitrogens with one attached hydrogen (secondary N) is 1. The zero-order valence-corrected chi connectivity index (χ0v) is 19.7. The van der Waals surface area contributed by atoms with Gasteiger partial charge >= 0.3 is 0 Å². The molecule has 5 rings (SSSR count). The Hall–Kier alpha value is -4.66. The van der Waals surface area contributed by atoms with E-state index in [4.69, 9.17) is 28.4 Å². The molecule has 0 fully saturated rings. The minimum absolute atomic E-state index is 0.172. The number of allylic oxidation sites excluding steroid dienone is 1. The maximum absolute atomic E-state index is 12.8. The number of benzene rings is 3. The van der Waals surface area contributed by atoms with Crippen LogP contribution in [0.1, 0.15) is 15.9 Å². The van der Waals surface area contributed by atoms with Crippen LogP contribution in [0.25, 0.3) is 6.08 Å². The molecule has 9 nitrogen and oxygen atoms in total. The number of fused-ring (bicyclic) bond motifs is 2. The highest BCUT2D eigenvalue weighted by molar-refractivity contribution is 6.14. The van der Waals surface area contributed by atoms with Crippen LogP contribution in [0.5, 0.6) is 34.5 Å². The van der Waals surface area contributed by atoms with E-state index in [9.17, 15) is 9.59 Å². The van der Waals surface area contributed by atoms with Crippen LogP contribution in [0.2, 0.25) is 0 Å². The highest BCUT2D eigenvalue weighted by Crippen LogP contribution is 2.36. The Bertz CT molecular complexity index is 1360. The first kappa shape index (κ1) is 23.1. The number of methoxy groups -OCH3 is 2. The van der Waals surface area contributed by atoms with Crippen LogP contribution in [0.15, 0.2) is 60.4 Å². The Kier molecular flexibility index (Phi) is 6.36. The van der Waals surface area contributed by atoms with Crippen molar-refractivity contribution in [1.82, 2.24) is 0 Å². The van der Waals surface area contributed by atoms with E-state index in [2.05, 4.69) is 5.32 Å². The van der Waals surface area contributed by atoms with Crippen LogP contribution in [0.3, 0.4) is 0 Å². The van der Waals surface area contributed by atoms with Gasteiger partial charge < -0.3 is 33.7 Å². The number of ether oxygens (including phenoxy) is 6. The molecule has 2 heterocycles. The minimum Gasteiger partial charge on any atom is -0.493 e. The summed E-state index contributed by atoms with van der Waals surface area (Å²) in [4.78, 5) is 25.2. The number of amides is 1. The first-order chi connectivity index (χ1) is 17.5. The molecule has 0 saturated heterocycles. The highest BCUT2D eigenvalue weighted by Gasteiger charge is 2.28. The number of hydrogen-bond acceptors (Lipinski definition) is 8. The van der Waals surface area contributed by atoms with Gasteiger partial charge in [0.25, 0.3) is 5.91 Å². The first-order valence-corrected chi connectivity index (χ1v) is 11.2. The second-order valence-electron chi connectivity index (χ2n) is 7.91. The average Bonchev–Trinajstić information content (AvgIpc) is 3.21. The molecule has 184 valence electrons. The second-order valence-corrected chi connectivity index (χ2v) is 7.91. The molecule has 0 radical (unpaired) electrons. The standard InChI is InChI=1S/C27H23NO8/c1-31-20-7-3-16(11-23(20)32-2)12-25-27(30)19-6-5-18(14-22(19)36-25)35-15-26(29)28-17-4-8-21-24(13-17)34-10-9-33-21/h3-8,11-14H,9-10,15H2,1-2H3,(H,28,29). The molecule has 36 heavy (non-hydrogen) atoms. The van der Waals surface area contributed by atoms with Gasteiger partial charge in [-0.2, -0.15) is 0 Å². The number of hydrogen-bond donors (Lipinski definition) is 1. The van der Waals surface area contributed by atoms with E-state index in [0.29, 0.717) is 59.0 Å². The third-order valence-corrected chi connectivity index (χ3v) is 5.54. The summed E-state index contributed by atoms with van der Waals surface area (Å²) >= 11 is 0. The van der Waals surface area contributed by atoms with Crippen molar-refractivity contribution in [2.75, 3.05) is 39.4 Å². The number of rotatable bonds is 7. The lowest BCUT2D eigenvalue weighted by molar-refractivity contribution is -0.118. The van der Waals surface area contributed by atoms with Gasteiger partial charge in [0.15, 0.2) is 35.4 Å². The van der Waals surface area contributed by atoms with E-state index >= 15 is 0 Å². The van der Waals surface area contributed by atoms with Gasteiger partial charge in [0.05, 0.1) is 19.8 Å². The van der Waals surface area contributed by atoms with Crippen LogP contribution in [0.4, 0.5) is 5.69 Å². The van der Waals surface area contributed by atoms with Gasteiger partial charge in [-0.3, -0.25) is 9.59 Å². The molecule has 0 saturated carbocycles. The van der Waals surface area contributed by atoms with E-state index in [1.54, 1.807) is 74.9 Å². The smallest absolute Gasteiger partial charge is 0.262 e. The molecule has 0 aromatic heterocycles. The number of carbonyl (C=O) groups excluding carboxylic acids is 2. The van der Waals surface area contributed by atoms with Crippen molar-refractivity contribution < 1.29 is 38.0 Å². The van der Waals surface area contributed by atoms with Crippen molar-refractivity contribution in [3.63, 3.8) is 0 Å². The summed E-state index contributed by atoms with van der Waals surface area (Å²) in [6.45, 7) is 0.729. The molecule has 0 aliphatic carbocycles. The van der Waals surface area contributed by atoms with Crippen molar-refractivity contribution in [2.24, 2.45) is 0 Å². The topological polar surface area (TPSA) is 102 Å². The summed E-state index contributed by atoms with van der Waals surface area (Å²) < 4.78 is 33.0. The summed E-state index contributed by atoms with van der Waals surface area (Å²) in [7, 11) is 3.10. The lowest BCUT2D eigenvalue weighted by atomic mass is 10.1. The largest absolute Gasteiger partial charge is 0.493 e. The summed E-state index contributed by atoms with van der Waals surface area (Å²) in [5.74, 6) is 2.68. The third-order valence-electron chi connectivity index (χ3n) is 5.54. The zero-order chi connectivity index (χ0) is 25.1. The summed E-state index contributed by atoms with van der Waals surface area (Å²) in [5, 5.41) is 2.76. The lowest BCUT2D eigenvalue weighted by Crippen LogP contribution is -2.20.